The highest BCUT2D eigenvalue weighted by Crippen LogP contribution is 2.39. The summed E-state index contributed by atoms with van der Waals surface area (Å²) in [5.74, 6) is -2.14. The number of aryl methyl sites for hydroxylation is 2. The number of carboxylic acid groups (broad SMARTS) is 1. The van der Waals surface area contributed by atoms with Crippen molar-refractivity contribution in [2.75, 3.05) is 55.4 Å². The average molecular weight is 1140 g/mol. The first-order valence-electron chi connectivity index (χ1n) is 23.2. The van der Waals surface area contributed by atoms with Crippen molar-refractivity contribution in [2.24, 2.45) is 5.73 Å². The lowest BCUT2D eigenvalue weighted by Gasteiger charge is -2.31. The molecule has 4 amide bonds. The highest BCUT2D eigenvalue weighted by Gasteiger charge is 2.45. The number of aliphatic carboxylic acids is 1. The van der Waals surface area contributed by atoms with Gasteiger partial charge in [0.25, 0.3) is 17.7 Å². The lowest BCUT2D eigenvalue weighted by molar-refractivity contribution is -0.144. The predicted molar refractivity (Wildman–Crippen MR) is 285 cm³/mol. The van der Waals surface area contributed by atoms with Gasteiger partial charge < -0.3 is 44.2 Å². The molecule has 1 aromatic heterocycles. The summed E-state index contributed by atoms with van der Waals surface area (Å²) in [7, 11) is -1.47. The van der Waals surface area contributed by atoms with Gasteiger partial charge in [0.2, 0.25) is 5.91 Å². The number of rotatable bonds is 16. The molecule has 4 atom stereocenters. The second-order valence-electron chi connectivity index (χ2n) is 17.5. The molecular weight excluding hydrogens is 1070 g/mol. The van der Waals surface area contributed by atoms with E-state index >= 15 is 0 Å². The number of carboxylic acids is 1. The van der Waals surface area contributed by atoms with Crippen molar-refractivity contribution in [1.29, 1.82) is 0 Å². The number of ether oxygens (including phenoxy) is 3. The molecule has 73 heavy (non-hydrogen) atoms. The Kier molecular flexibility index (Phi) is 25.2. The number of hydrogen-bond acceptors (Lipinski definition) is 12. The molecule has 23 heteroatoms. The molecule has 4 N–H and O–H groups in total. The number of para-hydroxylation sites is 1. The number of carbonyl (C=O) groups excluding carboxylic acids is 5. The van der Waals surface area contributed by atoms with E-state index in [1.807, 2.05) is 32.0 Å². The topological polar surface area (TPSA) is 237 Å². The highest BCUT2D eigenvalue weighted by atomic mass is 35.5. The Balaban J connectivity index is 0.000000268. The van der Waals surface area contributed by atoms with Crippen molar-refractivity contribution in [3.05, 3.63) is 98.4 Å². The molecular formula is C50H64Cl5N4O13P. The van der Waals surface area contributed by atoms with E-state index in [4.69, 9.17) is 92.4 Å². The monoisotopic (exact) mass is 1130 g/mol. The van der Waals surface area contributed by atoms with E-state index in [9.17, 15) is 33.3 Å². The molecule has 3 heterocycles. The van der Waals surface area contributed by atoms with E-state index in [0.29, 0.717) is 59.2 Å². The van der Waals surface area contributed by atoms with Gasteiger partial charge in [0.05, 0.1) is 43.4 Å². The first kappa shape index (κ1) is 63.0. The number of methoxy groups -OCH3 is 1. The summed E-state index contributed by atoms with van der Waals surface area (Å²) >= 11 is 29.1. The second-order valence-corrected chi connectivity index (χ2v) is 22.2. The summed E-state index contributed by atoms with van der Waals surface area (Å²) in [5.41, 5.74) is 9.61. The van der Waals surface area contributed by atoms with Crippen LogP contribution < -0.4 is 15.5 Å². The minimum atomic E-state index is -3.10. The third-order valence-corrected chi connectivity index (χ3v) is 13.8. The fourth-order valence-corrected chi connectivity index (χ4v) is 9.37. The van der Waals surface area contributed by atoms with Crippen LogP contribution in [0.25, 0.3) is 6.08 Å². The number of benzene rings is 2. The fraction of sp³-hybridized carbons (Fsp3) is 0.480. The van der Waals surface area contributed by atoms with Gasteiger partial charge in [-0.3, -0.25) is 28.5 Å². The molecule has 402 valence electrons. The van der Waals surface area contributed by atoms with Gasteiger partial charge in [-0.2, -0.15) is 0 Å². The van der Waals surface area contributed by atoms with Gasteiger partial charge in [-0.05, 0) is 126 Å². The Labute approximate surface area is 451 Å². The summed E-state index contributed by atoms with van der Waals surface area (Å²) in [4.78, 5) is 83.3. The Morgan fingerprint density at radius 1 is 1.04 bits per heavy atom. The summed E-state index contributed by atoms with van der Waals surface area (Å²) in [6.45, 7) is 13.6. The van der Waals surface area contributed by atoms with Gasteiger partial charge in [0.1, 0.15) is 34.5 Å². The summed E-state index contributed by atoms with van der Waals surface area (Å²) in [5, 5.41) is 8.49. The molecule has 2 aliphatic heterocycles. The SMILES string of the molecule is CC1(C)OC(c2ccco2)CN1C(=O)C(Cl)Cl.CCOC(=O)/C(Cl)=C/c1cc(N2C(=O)C3=C(CCCC3)C2=O)ccc1Cl.CCc1cccc(C)c1N(C(=O)CCl)C(C)COC.CP(=O)(O)CCC(N)C(=O)O. The van der Waals surface area contributed by atoms with E-state index in [1.165, 1.54) is 22.5 Å². The quantitative estimate of drug-likeness (QED) is 0.0398. The molecule has 0 bridgehead atoms. The van der Waals surface area contributed by atoms with Crippen LogP contribution in [0.15, 0.2) is 75.4 Å². The molecule has 3 aromatic rings. The van der Waals surface area contributed by atoms with Crippen molar-refractivity contribution >= 4 is 118 Å². The van der Waals surface area contributed by atoms with Gasteiger partial charge in [-0.15, -0.1) is 11.6 Å². The third kappa shape index (κ3) is 17.9. The van der Waals surface area contributed by atoms with Crippen LogP contribution in [0.3, 0.4) is 0 Å². The van der Waals surface area contributed by atoms with Crippen LogP contribution in [0.5, 0.6) is 0 Å². The number of halogens is 5. The van der Waals surface area contributed by atoms with E-state index < -0.39 is 35.9 Å². The minimum Gasteiger partial charge on any atom is -0.480 e. The Bertz CT molecular complexity index is 2500. The Morgan fingerprint density at radius 3 is 2.18 bits per heavy atom. The number of nitrogens with two attached hydrogens (primary N) is 1. The molecule has 0 radical (unpaired) electrons. The lowest BCUT2D eigenvalue weighted by atomic mass is 9.93. The van der Waals surface area contributed by atoms with Crippen molar-refractivity contribution in [1.82, 2.24) is 4.90 Å². The van der Waals surface area contributed by atoms with Crippen molar-refractivity contribution < 1.29 is 62.0 Å². The second kappa shape index (κ2) is 29.1. The van der Waals surface area contributed by atoms with Crippen LogP contribution in [0.4, 0.5) is 11.4 Å². The number of furan rings is 1. The number of carbonyl (C=O) groups is 6. The zero-order valence-electron chi connectivity index (χ0n) is 42.0. The first-order valence-corrected chi connectivity index (χ1v) is 27.7. The van der Waals surface area contributed by atoms with E-state index in [2.05, 4.69) is 13.0 Å². The first-order chi connectivity index (χ1) is 34.2. The molecule has 6 rings (SSSR count). The van der Waals surface area contributed by atoms with Gasteiger partial charge in [-0.25, -0.2) is 9.69 Å². The number of esters is 1. The molecule has 4 unspecified atom stereocenters. The summed E-state index contributed by atoms with van der Waals surface area (Å²) in [6.07, 6.45) is 6.62. The number of imide groups is 1. The predicted octanol–water partition coefficient (Wildman–Crippen LogP) is 9.80. The normalized spacial score (nSPS) is 17.8. The Morgan fingerprint density at radius 2 is 1.67 bits per heavy atom. The maximum absolute atomic E-state index is 12.7. The Hall–Kier alpha value is -4.26. The van der Waals surface area contributed by atoms with Gasteiger partial charge in [-0.1, -0.05) is 71.5 Å². The minimum absolute atomic E-state index is 0.0223. The number of hydrogen-bond donors (Lipinski definition) is 3. The fourth-order valence-electron chi connectivity index (χ4n) is 7.90. The van der Waals surface area contributed by atoms with Gasteiger partial charge in [0, 0.05) is 36.1 Å². The molecule has 1 saturated heterocycles. The molecule has 17 nitrogen and oxygen atoms in total. The van der Waals surface area contributed by atoms with Crippen molar-refractivity contribution in [2.45, 2.75) is 109 Å². The summed E-state index contributed by atoms with van der Waals surface area (Å²) in [6, 6.07) is 13.3. The van der Waals surface area contributed by atoms with E-state index in [1.54, 1.807) is 63.3 Å². The molecule has 3 aliphatic rings. The lowest BCUT2D eigenvalue weighted by Crippen LogP contribution is -2.45. The van der Waals surface area contributed by atoms with Crippen LogP contribution in [-0.4, -0.2) is 119 Å². The molecule has 0 spiro atoms. The average Bonchev–Trinajstić information content (AvgIpc) is 4.06. The number of alkyl halides is 3. The summed E-state index contributed by atoms with van der Waals surface area (Å²) < 4.78 is 31.7. The molecule has 0 saturated carbocycles. The van der Waals surface area contributed by atoms with E-state index in [-0.39, 0.29) is 65.9 Å². The standard InChI is InChI=1S/C19H17Cl2NO4.C15H22ClNO2.C11H13Cl2NO3.C5H12NO4P/c1-2-26-19(25)16(21)10-11-9-12(7-8-15(11)20)22-17(23)13-5-3-4-6-14(13)18(22)24;1-5-13-8-6-7-11(2)15(13)17(14(18)9-16)12(3)10-19-4;1-11(2)14(10(15)9(12)13)6-8(17-11)7-4-3-5-16-7;1-11(9,10)3-2-4(6)5(7)8/h7-10H,2-6H2,1H3;6-8,12H,5,9-10H2,1-4H3;3-5,8-9H,6H2,1-2H3;4H,2-3,6H2,1H3,(H,7,8)(H,9,10)/b16-10-;;;. The van der Waals surface area contributed by atoms with Crippen LogP contribution >= 0.6 is 65.4 Å². The van der Waals surface area contributed by atoms with Gasteiger partial charge in [0.15, 0.2) is 12.2 Å². The number of amides is 4. The van der Waals surface area contributed by atoms with Crippen LogP contribution in [0, 0.1) is 6.92 Å². The molecule has 1 aliphatic carbocycles. The largest absolute Gasteiger partial charge is 0.480 e. The van der Waals surface area contributed by atoms with Crippen LogP contribution in [0.2, 0.25) is 5.02 Å². The van der Waals surface area contributed by atoms with E-state index in [0.717, 1.165) is 36.1 Å². The number of anilines is 2. The highest BCUT2D eigenvalue weighted by molar-refractivity contribution is 7.57. The zero-order chi connectivity index (χ0) is 55.0. The van der Waals surface area contributed by atoms with Crippen LogP contribution in [-0.2, 0) is 54.0 Å². The van der Waals surface area contributed by atoms with Gasteiger partial charge >= 0.3 is 11.9 Å². The molecule has 1 fully saturated rings. The smallest absolute Gasteiger partial charge is 0.349 e. The molecule has 2 aromatic carbocycles. The zero-order valence-corrected chi connectivity index (χ0v) is 46.7. The van der Waals surface area contributed by atoms with Crippen LogP contribution in [0.1, 0.15) is 95.3 Å². The maximum atomic E-state index is 12.7. The van der Waals surface area contributed by atoms with Crippen molar-refractivity contribution in [3.63, 3.8) is 0 Å². The third-order valence-electron chi connectivity index (χ3n) is 11.5. The maximum Gasteiger partial charge on any atom is 0.349 e. The van der Waals surface area contributed by atoms with Crippen molar-refractivity contribution in [3.8, 4) is 0 Å². The number of nitrogens with zero attached hydrogens (tertiary/aromatic N) is 3.